The van der Waals surface area contributed by atoms with Gasteiger partial charge in [0.05, 0.1) is 6.17 Å². The maximum absolute atomic E-state index is 10.1. The molecule has 0 aromatic rings. The Labute approximate surface area is 66.9 Å². The molecule has 0 aliphatic carbocycles. The SMILES string of the molecule is C=CCC1CCC(NC=O)N1. The first-order chi connectivity index (χ1) is 5.36. The average Bonchev–Trinajstić information content (AvgIpc) is 2.38. The summed E-state index contributed by atoms with van der Waals surface area (Å²) in [5, 5.41) is 5.99. The number of hydrogen-bond donors (Lipinski definition) is 2. The number of carbonyl (C=O) groups is 1. The van der Waals surface area contributed by atoms with Crippen LogP contribution in [0.25, 0.3) is 0 Å². The van der Waals surface area contributed by atoms with Crippen LogP contribution in [0.15, 0.2) is 12.7 Å². The van der Waals surface area contributed by atoms with Crippen LogP contribution in [0.2, 0.25) is 0 Å². The molecule has 0 aromatic heterocycles. The van der Waals surface area contributed by atoms with Crippen LogP contribution < -0.4 is 10.6 Å². The zero-order chi connectivity index (χ0) is 8.10. The van der Waals surface area contributed by atoms with Crippen molar-refractivity contribution < 1.29 is 4.79 Å². The molecule has 0 radical (unpaired) electrons. The lowest BCUT2D eigenvalue weighted by Gasteiger charge is -2.10. The first kappa shape index (κ1) is 8.27. The van der Waals surface area contributed by atoms with E-state index in [-0.39, 0.29) is 6.17 Å². The maximum atomic E-state index is 10.1. The van der Waals surface area contributed by atoms with Gasteiger partial charge in [-0.2, -0.15) is 0 Å². The normalized spacial score (nSPS) is 29.8. The monoisotopic (exact) mass is 154 g/mol. The van der Waals surface area contributed by atoms with Gasteiger partial charge in [-0.25, -0.2) is 0 Å². The number of nitrogens with one attached hydrogen (secondary N) is 2. The van der Waals surface area contributed by atoms with E-state index in [4.69, 9.17) is 0 Å². The zero-order valence-electron chi connectivity index (χ0n) is 6.55. The molecule has 1 heterocycles. The Bertz CT molecular complexity index is 131. The topological polar surface area (TPSA) is 41.1 Å². The number of hydrogen-bond acceptors (Lipinski definition) is 2. The van der Waals surface area contributed by atoms with Gasteiger partial charge in [0.1, 0.15) is 0 Å². The number of carbonyl (C=O) groups excluding carboxylic acids is 1. The smallest absolute Gasteiger partial charge is 0.208 e. The minimum absolute atomic E-state index is 0.178. The molecule has 1 aliphatic rings. The summed E-state index contributed by atoms with van der Waals surface area (Å²) in [7, 11) is 0. The summed E-state index contributed by atoms with van der Waals surface area (Å²) in [6.45, 7) is 3.67. The van der Waals surface area contributed by atoms with E-state index < -0.39 is 0 Å². The largest absolute Gasteiger partial charge is 0.343 e. The Kier molecular flexibility index (Phi) is 3.11. The molecule has 11 heavy (non-hydrogen) atoms. The van der Waals surface area contributed by atoms with Gasteiger partial charge in [-0.1, -0.05) is 6.08 Å². The first-order valence-electron chi connectivity index (χ1n) is 3.93. The molecule has 1 aliphatic heterocycles. The van der Waals surface area contributed by atoms with Crippen LogP contribution in [0, 0.1) is 0 Å². The number of rotatable bonds is 4. The van der Waals surface area contributed by atoms with Gasteiger partial charge in [0.2, 0.25) is 6.41 Å². The van der Waals surface area contributed by atoms with Gasteiger partial charge in [0, 0.05) is 6.04 Å². The molecule has 0 bridgehead atoms. The minimum atomic E-state index is 0.178. The summed E-state index contributed by atoms with van der Waals surface area (Å²) < 4.78 is 0. The van der Waals surface area contributed by atoms with Crippen molar-refractivity contribution in [1.29, 1.82) is 0 Å². The average molecular weight is 154 g/mol. The zero-order valence-corrected chi connectivity index (χ0v) is 6.55. The fourth-order valence-electron chi connectivity index (χ4n) is 1.42. The fourth-order valence-corrected chi connectivity index (χ4v) is 1.42. The van der Waals surface area contributed by atoms with Crippen molar-refractivity contribution in [3.8, 4) is 0 Å². The van der Waals surface area contributed by atoms with Crippen LogP contribution in [-0.2, 0) is 4.79 Å². The Morgan fingerprint density at radius 1 is 1.64 bits per heavy atom. The van der Waals surface area contributed by atoms with Crippen molar-refractivity contribution in [3.63, 3.8) is 0 Å². The van der Waals surface area contributed by atoms with E-state index in [9.17, 15) is 4.79 Å². The lowest BCUT2D eigenvalue weighted by atomic mass is 10.1. The first-order valence-corrected chi connectivity index (χ1v) is 3.93. The second-order valence-corrected chi connectivity index (χ2v) is 2.80. The van der Waals surface area contributed by atoms with Gasteiger partial charge >= 0.3 is 0 Å². The second kappa shape index (κ2) is 4.13. The maximum Gasteiger partial charge on any atom is 0.208 e. The van der Waals surface area contributed by atoms with Crippen molar-refractivity contribution in [3.05, 3.63) is 12.7 Å². The molecule has 3 heteroatoms. The summed E-state index contributed by atoms with van der Waals surface area (Å²) in [6.07, 6.45) is 5.96. The van der Waals surface area contributed by atoms with Crippen molar-refractivity contribution >= 4 is 6.41 Å². The molecule has 62 valence electrons. The lowest BCUT2D eigenvalue weighted by Crippen LogP contribution is -2.39. The van der Waals surface area contributed by atoms with Gasteiger partial charge in [-0.3, -0.25) is 10.1 Å². The summed E-state index contributed by atoms with van der Waals surface area (Å²) in [5.41, 5.74) is 0. The van der Waals surface area contributed by atoms with E-state index >= 15 is 0 Å². The van der Waals surface area contributed by atoms with E-state index in [1.165, 1.54) is 0 Å². The standard InChI is InChI=1S/C8H14N2O/c1-2-3-7-4-5-8(10-7)9-6-11/h2,6-8,10H,1,3-5H2,(H,9,11). The second-order valence-electron chi connectivity index (χ2n) is 2.80. The van der Waals surface area contributed by atoms with E-state index in [0.29, 0.717) is 6.04 Å². The Morgan fingerprint density at radius 3 is 3.09 bits per heavy atom. The quantitative estimate of drug-likeness (QED) is 0.454. The highest BCUT2D eigenvalue weighted by Gasteiger charge is 2.21. The molecule has 0 saturated carbocycles. The van der Waals surface area contributed by atoms with Gasteiger partial charge in [0.15, 0.2) is 0 Å². The van der Waals surface area contributed by atoms with E-state index in [1.807, 2.05) is 6.08 Å². The Morgan fingerprint density at radius 2 is 2.45 bits per heavy atom. The summed E-state index contributed by atoms with van der Waals surface area (Å²) in [6, 6.07) is 0.505. The molecule has 2 N–H and O–H groups in total. The Hall–Kier alpha value is -0.830. The van der Waals surface area contributed by atoms with Gasteiger partial charge in [0.25, 0.3) is 0 Å². The van der Waals surface area contributed by atoms with Crippen molar-refractivity contribution in [2.45, 2.75) is 31.5 Å². The Balaban J connectivity index is 2.22. The lowest BCUT2D eigenvalue weighted by molar-refractivity contribution is -0.110. The molecule has 2 atom stereocenters. The molecule has 1 amide bonds. The predicted molar refractivity (Wildman–Crippen MR) is 44.0 cm³/mol. The van der Waals surface area contributed by atoms with Crippen LogP contribution in [0.4, 0.5) is 0 Å². The molecule has 1 fully saturated rings. The van der Waals surface area contributed by atoms with Crippen LogP contribution >= 0.6 is 0 Å². The van der Waals surface area contributed by atoms with E-state index in [0.717, 1.165) is 25.7 Å². The molecular formula is C8H14N2O. The highest BCUT2D eigenvalue weighted by atomic mass is 16.1. The minimum Gasteiger partial charge on any atom is -0.343 e. The molecule has 0 aromatic carbocycles. The highest BCUT2D eigenvalue weighted by molar-refractivity contribution is 5.46. The fraction of sp³-hybridized carbons (Fsp3) is 0.625. The van der Waals surface area contributed by atoms with Gasteiger partial charge in [-0.15, -0.1) is 6.58 Å². The van der Waals surface area contributed by atoms with Gasteiger partial charge in [-0.05, 0) is 19.3 Å². The third kappa shape index (κ3) is 2.35. The molecule has 1 rings (SSSR count). The van der Waals surface area contributed by atoms with Crippen LogP contribution in [0.1, 0.15) is 19.3 Å². The van der Waals surface area contributed by atoms with Crippen molar-refractivity contribution in [2.24, 2.45) is 0 Å². The molecule has 1 saturated heterocycles. The van der Waals surface area contributed by atoms with Crippen molar-refractivity contribution in [2.75, 3.05) is 0 Å². The number of amides is 1. The molecule has 2 unspecified atom stereocenters. The highest BCUT2D eigenvalue weighted by Crippen LogP contribution is 2.12. The van der Waals surface area contributed by atoms with Gasteiger partial charge < -0.3 is 5.32 Å². The van der Waals surface area contributed by atoms with Crippen molar-refractivity contribution in [1.82, 2.24) is 10.6 Å². The van der Waals surface area contributed by atoms with Crippen LogP contribution in [0.3, 0.4) is 0 Å². The summed E-state index contributed by atoms with van der Waals surface area (Å²) in [5.74, 6) is 0. The van der Waals surface area contributed by atoms with E-state index in [1.54, 1.807) is 0 Å². The third-order valence-corrected chi connectivity index (χ3v) is 1.96. The van der Waals surface area contributed by atoms with E-state index in [2.05, 4.69) is 17.2 Å². The molecular weight excluding hydrogens is 140 g/mol. The third-order valence-electron chi connectivity index (χ3n) is 1.96. The summed E-state index contributed by atoms with van der Waals surface area (Å²) in [4.78, 5) is 10.1. The predicted octanol–water partition coefficient (Wildman–Crippen LogP) is 0.387. The molecule has 0 spiro atoms. The summed E-state index contributed by atoms with van der Waals surface area (Å²) >= 11 is 0. The van der Waals surface area contributed by atoms with Crippen LogP contribution in [-0.4, -0.2) is 18.6 Å². The van der Waals surface area contributed by atoms with Crippen LogP contribution in [0.5, 0.6) is 0 Å². The molecule has 3 nitrogen and oxygen atoms in total.